The Balaban J connectivity index is 2.16. The summed E-state index contributed by atoms with van der Waals surface area (Å²) in [5.41, 5.74) is 0. The summed E-state index contributed by atoms with van der Waals surface area (Å²) < 4.78 is 0. The summed E-state index contributed by atoms with van der Waals surface area (Å²) in [6.07, 6.45) is 10.4. The molecule has 0 radical (unpaired) electrons. The van der Waals surface area contributed by atoms with E-state index in [1.54, 1.807) is 0 Å². The molecule has 0 unspecified atom stereocenters. The molecule has 0 aromatic heterocycles. The van der Waals surface area contributed by atoms with Crippen LogP contribution in [0.1, 0.15) is 32.6 Å². The van der Waals surface area contributed by atoms with Crippen molar-refractivity contribution in [2.75, 3.05) is 6.16 Å². The molecule has 0 saturated heterocycles. The predicted octanol–water partition coefficient (Wildman–Crippen LogP) is 6.81. The third-order valence-corrected chi connectivity index (χ3v) is 12.7. The van der Waals surface area contributed by atoms with Gasteiger partial charge in [0.15, 0.2) is 0 Å². The Morgan fingerprint density at radius 3 is 1.46 bits per heavy atom. The maximum absolute atomic E-state index is 7.99. The number of allylic oxidation sites excluding steroid dienone is 2. The summed E-state index contributed by atoms with van der Waals surface area (Å²) in [7, 11) is 0. The van der Waals surface area contributed by atoms with Gasteiger partial charge in [0, 0.05) is 0 Å². The van der Waals surface area contributed by atoms with Gasteiger partial charge < -0.3 is 0 Å². The minimum atomic E-state index is -3.12. The molecule has 0 nitrogen and oxygen atoms in total. The Morgan fingerprint density at radius 1 is 0.643 bits per heavy atom. The van der Waals surface area contributed by atoms with Gasteiger partial charge in [-0.15, -0.1) is 0 Å². The molecule has 0 saturated carbocycles. The standard InChI is InChI=1S/C26H30ClP/c1-2-3-4-5-6-16-23-28(27,24-17-10-7-11-18-24,25-19-12-8-13-20-25)26-21-14-9-15-22-26/h6-22H,2-5,23H2,1H3/b16-6-. The average molecular weight is 409 g/mol. The van der Waals surface area contributed by atoms with Gasteiger partial charge in [-0.3, -0.25) is 0 Å². The number of unbranched alkanes of at least 4 members (excludes halogenated alkanes) is 3. The molecule has 0 amide bonds. The van der Waals surface area contributed by atoms with Crippen LogP contribution in [0.5, 0.6) is 0 Å². The van der Waals surface area contributed by atoms with E-state index in [1.165, 1.54) is 35.2 Å². The van der Waals surface area contributed by atoms with Crippen molar-refractivity contribution < 1.29 is 0 Å². The summed E-state index contributed by atoms with van der Waals surface area (Å²) in [4.78, 5) is 0. The number of hydrogen-bond donors (Lipinski definition) is 0. The third-order valence-electron chi connectivity index (χ3n) is 5.47. The molecule has 3 rings (SSSR count). The SMILES string of the molecule is CCCCC/C=C\CP(Cl)(c1ccccc1)(c1ccccc1)c1ccccc1. The molecule has 0 spiro atoms. The van der Waals surface area contributed by atoms with Crippen LogP contribution in [0.2, 0.25) is 0 Å². The summed E-state index contributed by atoms with van der Waals surface area (Å²) in [6.45, 7) is 2.25. The summed E-state index contributed by atoms with van der Waals surface area (Å²) in [5.74, 6) is -3.12. The fraction of sp³-hybridized carbons (Fsp3) is 0.231. The van der Waals surface area contributed by atoms with Gasteiger partial charge in [0.25, 0.3) is 0 Å². The van der Waals surface area contributed by atoms with Crippen molar-refractivity contribution in [1.29, 1.82) is 0 Å². The molecule has 0 N–H and O–H groups in total. The molecule has 0 heterocycles. The molecule has 2 heteroatoms. The van der Waals surface area contributed by atoms with Crippen LogP contribution < -0.4 is 15.9 Å². The van der Waals surface area contributed by atoms with Crippen LogP contribution in [-0.4, -0.2) is 6.16 Å². The zero-order valence-electron chi connectivity index (χ0n) is 16.7. The quantitative estimate of drug-likeness (QED) is 0.207. The Bertz CT molecular complexity index is 773. The first-order valence-corrected chi connectivity index (χ1v) is 13.6. The number of rotatable bonds is 9. The molecular weight excluding hydrogens is 379 g/mol. The van der Waals surface area contributed by atoms with E-state index in [4.69, 9.17) is 11.2 Å². The van der Waals surface area contributed by atoms with Gasteiger partial charge in [-0.1, -0.05) is 0 Å². The first kappa shape index (κ1) is 20.8. The number of halogens is 1. The van der Waals surface area contributed by atoms with E-state index in [9.17, 15) is 0 Å². The maximum atomic E-state index is 7.99. The van der Waals surface area contributed by atoms with E-state index in [0.717, 1.165) is 12.6 Å². The molecule has 0 fully saturated rings. The van der Waals surface area contributed by atoms with Crippen molar-refractivity contribution >= 4 is 33.1 Å². The van der Waals surface area contributed by atoms with Gasteiger partial charge in [-0.2, -0.15) is 0 Å². The molecule has 0 aliphatic heterocycles. The van der Waals surface area contributed by atoms with Crippen LogP contribution in [0.15, 0.2) is 103 Å². The van der Waals surface area contributed by atoms with Crippen LogP contribution in [-0.2, 0) is 0 Å². The third kappa shape index (κ3) is 4.09. The topological polar surface area (TPSA) is 0 Å². The van der Waals surface area contributed by atoms with Crippen LogP contribution >= 0.6 is 17.2 Å². The number of benzene rings is 3. The second-order valence-electron chi connectivity index (χ2n) is 7.34. The van der Waals surface area contributed by atoms with Crippen LogP contribution in [0.4, 0.5) is 0 Å². The molecule has 28 heavy (non-hydrogen) atoms. The first-order valence-electron chi connectivity index (χ1n) is 10.2. The minimum absolute atomic E-state index is 0.831. The van der Waals surface area contributed by atoms with Crippen LogP contribution in [0.3, 0.4) is 0 Å². The number of hydrogen-bond acceptors (Lipinski definition) is 0. The van der Waals surface area contributed by atoms with Crippen molar-refractivity contribution in [2.24, 2.45) is 0 Å². The summed E-state index contributed by atoms with van der Waals surface area (Å²) in [5, 5.41) is 3.68. The summed E-state index contributed by atoms with van der Waals surface area (Å²) >= 11 is 7.99. The molecule has 146 valence electrons. The predicted molar refractivity (Wildman–Crippen MR) is 129 cm³/mol. The van der Waals surface area contributed by atoms with Gasteiger partial charge in [-0.05, 0) is 0 Å². The van der Waals surface area contributed by atoms with Gasteiger partial charge in [0.1, 0.15) is 0 Å². The normalized spacial score (nSPS) is 13.3. The van der Waals surface area contributed by atoms with Crippen molar-refractivity contribution in [3.63, 3.8) is 0 Å². The van der Waals surface area contributed by atoms with Crippen LogP contribution in [0, 0.1) is 0 Å². The van der Waals surface area contributed by atoms with Gasteiger partial charge >= 0.3 is 175 Å². The molecule has 0 aliphatic carbocycles. The molecule has 0 atom stereocenters. The Morgan fingerprint density at radius 2 is 1.07 bits per heavy atom. The van der Waals surface area contributed by atoms with E-state index < -0.39 is 5.96 Å². The van der Waals surface area contributed by atoms with Gasteiger partial charge in [-0.25, -0.2) is 0 Å². The fourth-order valence-electron chi connectivity index (χ4n) is 3.88. The van der Waals surface area contributed by atoms with E-state index in [-0.39, 0.29) is 0 Å². The van der Waals surface area contributed by atoms with Crippen molar-refractivity contribution in [1.82, 2.24) is 0 Å². The van der Waals surface area contributed by atoms with E-state index in [2.05, 4.69) is 110 Å². The molecule has 0 aliphatic rings. The van der Waals surface area contributed by atoms with Crippen molar-refractivity contribution in [3.8, 4) is 0 Å². The molecule has 3 aromatic rings. The fourth-order valence-corrected chi connectivity index (χ4v) is 9.59. The summed E-state index contributed by atoms with van der Waals surface area (Å²) in [6, 6.07) is 32.1. The second kappa shape index (κ2) is 9.55. The van der Waals surface area contributed by atoms with E-state index >= 15 is 0 Å². The van der Waals surface area contributed by atoms with E-state index in [1.807, 2.05) is 0 Å². The molecule has 3 aromatic carbocycles. The van der Waals surface area contributed by atoms with Crippen molar-refractivity contribution in [2.45, 2.75) is 32.6 Å². The first-order chi connectivity index (χ1) is 13.7. The van der Waals surface area contributed by atoms with Gasteiger partial charge in [0.05, 0.1) is 0 Å². The Labute approximate surface area is 175 Å². The Hall–Kier alpha value is -1.88. The monoisotopic (exact) mass is 408 g/mol. The van der Waals surface area contributed by atoms with E-state index in [0.29, 0.717) is 0 Å². The molecule has 0 bridgehead atoms. The molecular formula is C26H30ClP. The second-order valence-corrected chi connectivity index (χ2v) is 13.9. The van der Waals surface area contributed by atoms with Gasteiger partial charge in [0.2, 0.25) is 0 Å². The average Bonchev–Trinajstić information content (AvgIpc) is 2.78. The van der Waals surface area contributed by atoms with Crippen LogP contribution in [0.25, 0.3) is 0 Å². The van der Waals surface area contributed by atoms with Crippen molar-refractivity contribution in [3.05, 3.63) is 103 Å². The zero-order valence-corrected chi connectivity index (χ0v) is 18.3. The zero-order chi connectivity index (χ0) is 19.7. The Kier molecular flexibility index (Phi) is 7.11.